The Morgan fingerprint density at radius 2 is 1.64 bits per heavy atom. The third-order valence-electron chi connectivity index (χ3n) is 5.71. The van der Waals surface area contributed by atoms with Crippen LogP contribution in [-0.2, 0) is 19.8 Å². The molecule has 0 aromatic heterocycles. The van der Waals surface area contributed by atoms with E-state index in [2.05, 4.69) is 5.32 Å². The van der Waals surface area contributed by atoms with E-state index >= 15 is 0 Å². The molecule has 1 aromatic rings. The summed E-state index contributed by atoms with van der Waals surface area (Å²) in [4.78, 5) is 40.8. The fraction of sp³-hybridized carbons (Fsp3) is 0.571. The molecule has 28 heavy (non-hydrogen) atoms. The van der Waals surface area contributed by atoms with Gasteiger partial charge in [-0.25, -0.2) is 4.39 Å². The van der Waals surface area contributed by atoms with Gasteiger partial charge in [-0.3, -0.25) is 14.4 Å². The summed E-state index contributed by atoms with van der Waals surface area (Å²) in [6.07, 6.45) is 3.31. The fourth-order valence-corrected chi connectivity index (χ4v) is 4.27. The van der Waals surface area contributed by atoms with Gasteiger partial charge >= 0.3 is 11.8 Å². The monoisotopic (exact) mass is 389 g/mol. The van der Waals surface area contributed by atoms with E-state index in [0.717, 1.165) is 18.4 Å². The quantitative estimate of drug-likeness (QED) is 0.802. The zero-order chi connectivity index (χ0) is 20.3. The van der Waals surface area contributed by atoms with Crippen molar-refractivity contribution in [3.05, 3.63) is 35.6 Å². The summed E-state index contributed by atoms with van der Waals surface area (Å²) in [6.45, 7) is 5.03. The van der Waals surface area contributed by atoms with E-state index in [4.69, 9.17) is 0 Å². The largest absolute Gasteiger partial charge is 0.346 e. The minimum Gasteiger partial charge on any atom is -0.346 e. The summed E-state index contributed by atoms with van der Waals surface area (Å²) in [6, 6.07) is 6.25. The molecule has 152 valence electrons. The third kappa shape index (κ3) is 4.03. The summed E-state index contributed by atoms with van der Waals surface area (Å²) in [5, 5.41) is 2.61. The molecule has 0 atom stereocenters. The van der Waals surface area contributed by atoms with Crippen LogP contribution < -0.4 is 5.32 Å². The zero-order valence-corrected chi connectivity index (χ0v) is 16.5. The number of piperazine rings is 1. The highest BCUT2D eigenvalue weighted by molar-refractivity contribution is 6.35. The molecular weight excluding hydrogens is 361 g/mol. The summed E-state index contributed by atoms with van der Waals surface area (Å²) in [5.74, 6) is -1.49. The summed E-state index contributed by atoms with van der Waals surface area (Å²) in [7, 11) is 0. The van der Waals surface area contributed by atoms with Crippen LogP contribution in [0.3, 0.4) is 0 Å². The first kappa shape index (κ1) is 20.3. The standard InChI is InChI=1S/C21H28FN3O3/c1-15(2)23-18(26)19(27)24-10-12-25(13-11-24)20(28)21(8-3-4-9-21)16-6-5-7-17(22)14-16/h5-7,14-15H,3-4,8-13H2,1-2H3,(H,23,26). The van der Waals surface area contributed by atoms with Gasteiger partial charge in [-0.2, -0.15) is 0 Å². The lowest BCUT2D eigenvalue weighted by atomic mass is 9.77. The molecule has 1 aliphatic heterocycles. The molecule has 2 aliphatic rings. The van der Waals surface area contributed by atoms with Crippen molar-refractivity contribution < 1.29 is 18.8 Å². The SMILES string of the molecule is CC(C)NC(=O)C(=O)N1CCN(C(=O)C2(c3cccc(F)c3)CCCC2)CC1. The van der Waals surface area contributed by atoms with Crippen molar-refractivity contribution in [1.82, 2.24) is 15.1 Å². The summed E-state index contributed by atoms with van der Waals surface area (Å²) in [5.41, 5.74) is 0.0633. The number of nitrogens with zero attached hydrogens (tertiary/aromatic N) is 2. The van der Waals surface area contributed by atoms with Gasteiger partial charge in [0.05, 0.1) is 5.41 Å². The molecule has 3 rings (SSSR count). The Morgan fingerprint density at radius 3 is 2.21 bits per heavy atom. The molecule has 1 saturated heterocycles. The molecule has 0 bridgehead atoms. The van der Waals surface area contributed by atoms with Crippen LogP contribution >= 0.6 is 0 Å². The van der Waals surface area contributed by atoms with E-state index < -0.39 is 17.2 Å². The average Bonchev–Trinajstić information content (AvgIpc) is 3.17. The van der Waals surface area contributed by atoms with Gasteiger partial charge in [0.2, 0.25) is 5.91 Å². The van der Waals surface area contributed by atoms with Crippen molar-refractivity contribution in [1.29, 1.82) is 0 Å². The first-order valence-corrected chi connectivity index (χ1v) is 9.99. The minimum absolute atomic E-state index is 0.00864. The molecular formula is C21H28FN3O3. The second kappa shape index (κ2) is 8.29. The number of halogens is 1. The van der Waals surface area contributed by atoms with Crippen molar-refractivity contribution in [2.24, 2.45) is 0 Å². The normalized spacial score (nSPS) is 19.0. The van der Waals surface area contributed by atoms with Gasteiger partial charge in [-0.1, -0.05) is 25.0 Å². The highest BCUT2D eigenvalue weighted by Crippen LogP contribution is 2.43. The highest BCUT2D eigenvalue weighted by atomic mass is 19.1. The number of rotatable bonds is 3. The predicted molar refractivity (Wildman–Crippen MR) is 103 cm³/mol. The van der Waals surface area contributed by atoms with E-state index in [1.807, 2.05) is 6.07 Å². The minimum atomic E-state index is -0.677. The van der Waals surface area contributed by atoms with E-state index in [9.17, 15) is 18.8 Å². The number of hydrogen-bond acceptors (Lipinski definition) is 3. The number of benzene rings is 1. The van der Waals surface area contributed by atoms with E-state index in [1.54, 1.807) is 24.8 Å². The van der Waals surface area contributed by atoms with Crippen LogP contribution in [0.5, 0.6) is 0 Å². The molecule has 1 N–H and O–H groups in total. The van der Waals surface area contributed by atoms with Crippen LogP contribution in [0.2, 0.25) is 0 Å². The molecule has 1 heterocycles. The van der Waals surface area contributed by atoms with Crippen molar-refractivity contribution >= 4 is 17.7 Å². The lowest BCUT2D eigenvalue weighted by Gasteiger charge is -2.40. The fourth-order valence-electron chi connectivity index (χ4n) is 4.27. The lowest BCUT2D eigenvalue weighted by Crippen LogP contribution is -2.57. The zero-order valence-electron chi connectivity index (χ0n) is 16.5. The topological polar surface area (TPSA) is 69.7 Å². The Balaban J connectivity index is 1.68. The number of carbonyl (C=O) groups excluding carboxylic acids is 3. The molecule has 0 radical (unpaired) electrons. The molecule has 1 aliphatic carbocycles. The van der Waals surface area contributed by atoms with Gasteiger partial charge in [0.1, 0.15) is 5.82 Å². The second-order valence-electron chi connectivity index (χ2n) is 8.01. The van der Waals surface area contributed by atoms with Gasteiger partial charge < -0.3 is 15.1 Å². The second-order valence-corrected chi connectivity index (χ2v) is 8.01. The first-order valence-electron chi connectivity index (χ1n) is 9.99. The van der Waals surface area contributed by atoms with Crippen LogP contribution in [0, 0.1) is 5.82 Å². The molecule has 1 aromatic carbocycles. The van der Waals surface area contributed by atoms with E-state index in [1.165, 1.54) is 17.0 Å². The Morgan fingerprint density at radius 1 is 1.04 bits per heavy atom. The van der Waals surface area contributed by atoms with Gasteiger partial charge in [-0.15, -0.1) is 0 Å². The predicted octanol–water partition coefficient (Wildman–Crippen LogP) is 1.83. The Hall–Kier alpha value is -2.44. The van der Waals surface area contributed by atoms with Crippen LogP contribution in [0.4, 0.5) is 4.39 Å². The average molecular weight is 389 g/mol. The maximum absolute atomic E-state index is 13.8. The van der Waals surface area contributed by atoms with Crippen molar-refractivity contribution in [3.8, 4) is 0 Å². The Labute approximate surface area is 165 Å². The van der Waals surface area contributed by atoms with Crippen LogP contribution in [0.15, 0.2) is 24.3 Å². The molecule has 3 amide bonds. The van der Waals surface area contributed by atoms with Crippen molar-refractivity contribution in [2.75, 3.05) is 26.2 Å². The molecule has 1 saturated carbocycles. The Bertz CT molecular complexity index is 751. The van der Waals surface area contributed by atoms with Crippen LogP contribution in [0.25, 0.3) is 0 Å². The van der Waals surface area contributed by atoms with Crippen LogP contribution in [-0.4, -0.2) is 59.7 Å². The van der Waals surface area contributed by atoms with Gasteiger partial charge in [-0.05, 0) is 44.4 Å². The maximum Gasteiger partial charge on any atom is 0.312 e. The number of amides is 3. The number of nitrogens with one attached hydrogen (secondary N) is 1. The molecule has 0 spiro atoms. The summed E-state index contributed by atoms with van der Waals surface area (Å²) >= 11 is 0. The van der Waals surface area contributed by atoms with Crippen molar-refractivity contribution in [2.45, 2.75) is 51.0 Å². The molecule has 2 fully saturated rings. The molecule has 6 nitrogen and oxygen atoms in total. The lowest BCUT2D eigenvalue weighted by molar-refractivity contribution is -0.149. The van der Waals surface area contributed by atoms with Gasteiger partial charge in [0.15, 0.2) is 0 Å². The number of hydrogen-bond donors (Lipinski definition) is 1. The van der Waals surface area contributed by atoms with Crippen LogP contribution in [0.1, 0.15) is 45.1 Å². The molecule has 7 heteroatoms. The Kier molecular flexibility index (Phi) is 6.01. The molecule has 0 unspecified atom stereocenters. The highest BCUT2D eigenvalue weighted by Gasteiger charge is 2.45. The van der Waals surface area contributed by atoms with Gasteiger partial charge in [0.25, 0.3) is 0 Å². The maximum atomic E-state index is 13.8. The van der Waals surface area contributed by atoms with Crippen molar-refractivity contribution in [3.63, 3.8) is 0 Å². The smallest absolute Gasteiger partial charge is 0.312 e. The first-order chi connectivity index (χ1) is 13.3. The summed E-state index contributed by atoms with van der Waals surface area (Å²) < 4.78 is 13.8. The number of carbonyl (C=O) groups is 3. The van der Waals surface area contributed by atoms with E-state index in [-0.39, 0.29) is 17.8 Å². The van der Waals surface area contributed by atoms with Gasteiger partial charge in [0, 0.05) is 32.2 Å². The third-order valence-corrected chi connectivity index (χ3v) is 5.71. The van der Waals surface area contributed by atoms with E-state index in [0.29, 0.717) is 39.0 Å².